The van der Waals surface area contributed by atoms with E-state index < -0.39 is 18.3 Å². The van der Waals surface area contributed by atoms with Gasteiger partial charge in [0.2, 0.25) is 0 Å². The second-order valence-electron chi connectivity index (χ2n) is 14.0. The predicted octanol–water partition coefficient (Wildman–Crippen LogP) is 7.86. The predicted molar refractivity (Wildman–Crippen MR) is 175 cm³/mol. The van der Waals surface area contributed by atoms with Gasteiger partial charge in [-0.15, -0.1) is 0 Å². The maximum atomic E-state index is 11.7. The Labute approximate surface area is 268 Å². The Morgan fingerprint density at radius 3 is 1.70 bits per heavy atom. The lowest BCUT2D eigenvalue weighted by Gasteiger charge is -2.24. The van der Waals surface area contributed by atoms with Gasteiger partial charge in [0, 0.05) is 5.57 Å². The van der Waals surface area contributed by atoms with Gasteiger partial charge in [-0.3, -0.25) is 0 Å². The van der Waals surface area contributed by atoms with E-state index in [0.717, 1.165) is 89.0 Å². The number of rotatable bonds is 25. The summed E-state index contributed by atoms with van der Waals surface area (Å²) in [5, 5.41) is 31.9. The first kappa shape index (κ1) is 37.5. The maximum absolute atomic E-state index is 11.7. The molecule has 0 aliphatic carbocycles. The number of unbranched alkanes of at least 4 members (excludes halogenated alkanes) is 13. The normalized spacial score (nSPS) is 27.4. The van der Waals surface area contributed by atoms with E-state index in [-0.39, 0.29) is 36.5 Å². The molecule has 8 atom stereocenters. The summed E-state index contributed by atoms with van der Waals surface area (Å²) in [6.45, 7) is 4.15. The van der Waals surface area contributed by atoms with Crippen LogP contribution in [0, 0.1) is 0 Å². The fourth-order valence-corrected chi connectivity index (χ4v) is 7.25. The summed E-state index contributed by atoms with van der Waals surface area (Å²) in [6, 6.07) is 0. The van der Waals surface area contributed by atoms with E-state index in [0.29, 0.717) is 12.8 Å². The summed E-state index contributed by atoms with van der Waals surface area (Å²) in [6.07, 6.45) is 25.5. The van der Waals surface area contributed by atoms with Crippen LogP contribution in [0.1, 0.15) is 168 Å². The molecule has 0 aromatic rings. The minimum absolute atomic E-state index is 0.00638. The number of aliphatic hydroxyl groups is 3. The highest BCUT2D eigenvalue weighted by atomic mass is 16.6. The highest BCUT2D eigenvalue weighted by Crippen LogP contribution is 2.34. The minimum atomic E-state index is -0.562. The number of esters is 1. The van der Waals surface area contributed by atoms with Crippen LogP contribution < -0.4 is 0 Å². The molecular formula is C37H66O7. The van der Waals surface area contributed by atoms with Crippen molar-refractivity contribution in [1.29, 1.82) is 0 Å². The zero-order chi connectivity index (χ0) is 31.6. The summed E-state index contributed by atoms with van der Waals surface area (Å²) in [5.41, 5.74) is 0.817. The van der Waals surface area contributed by atoms with E-state index in [2.05, 4.69) is 6.92 Å². The third kappa shape index (κ3) is 14.2. The van der Waals surface area contributed by atoms with E-state index in [9.17, 15) is 20.1 Å². The second kappa shape index (κ2) is 21.7. The van der Waals surface area contributed by atoms with Gasteiger partial charge in [-0.25, -0.2) is 4.79 Å². The molecule has 0 radical (unpaired) electrons. The molecule has 3 aliphatic rings. The fraction of sp³-hybridized carbons (Fsp3) is 0.919. The molecule has 0 spiro atoms. The van der Waals surface area contributed by atoms with Gasteiger partial charge in [0.1, 0.15) is 6.10 Å². The standard InChI is InChI=1S/C37H66O7/c1-3-4-5-6-7-8-9-10-14-17-20-31(39)33-23-25-35(43-33)36-26-24-34(44-36)32(40)22-21-30(38)19-16-13-11-12-15-18-29-27-28(2)42-37(29)41/h27-28,30-36,38-40H,3-26H2,1-2H3/t28-,30+,31+,32+,33+,34-,35+,36+/m0/s1. The molecule has 256 valence electrons. The molecule has 0 aromatic carbocycles. The topological polar surface area (TPSA) is 105 Å². The lowest BCUT2D eigenvalue weighted by molar-refractivity contribution is -0.139. The van der Waals surface area contributed by atoms with Gasteiger partial charge in [-0.1, -0.05) is 96.8 Å². The second-order valence-corrected chi connectivity index (χ2v) is 14.0. The summed E-state index contributed by atoms with van der Waals surface area (Å²) < 4.78 is 17.7. The number of ether oxygens (including phenoxy) is 3. The fourth-order valence-electron chi connectivity index (χ4n) is 7.25. The average Bonchev–Trinajstić information content (AvgIpc) is 3.76. The van der Waals surface area contributed by atoms with Crippen molar-refractivity contribution in [2.75, 3.05) is 0 Å². The number of aliphatic hydroxyl groups excluding tert-OH is 3. The van der Waals surface area contributed by atoms with Crippen molar-refractivity contribution in [3.63, 3.8) is 0 Å². The summed E-state index contributed by atoms with van der Waals surface area (Å²) in [7, 11) is 0. The molecule has 0 aromatic heterocycles. The molecule has 7 heteroatoms. The Balaban J connectivity index is 1.16. The van der Waals surface area contributed by atoms with Crippen molar-refractivity contribution >= 4 is 5.97 Å². The lowest BCUT2D eigenvalue weighted by atomic mass is 9.99. The molecular weight excluding hydrogens is 556 g/mol. The van der Waals surface area contributed by atoms with Crippen molar-refractivity contribution in [3.8, 4) is 0 Å². The molecule has 0 unspecified atom stereocenters. The first-order valence-electron chi connectivity index (χ1n) is 18.6. The quantitative estimate of drug-likeness (QED) is 0.0703. The van der Waals surface area contributed by atoms with Crippen molar-refractivity contribution in [2.45, 2.75) is 217 Å². The third-order valence-corrected chi connectivity index (χ3v) is 10.1. The summed E-state index contributed by atoms with van der Waals surface area (Å²) >= 11 is 0. The smallest absolute Gasteiger partial charge is 0.334 e. The van der Waals surface area contributed by atoms with Crippen molar-refractivity contribution in [2.24, 2.45) is 0 Å². The Bertz CT molecular complexity index is 801. The van der Waals surface area contributed by atoms with Crippen molar-refractivity contribution in [1.82, 2.24) is 0 Å². The first-order valence-corrected chi connectivity index (χ1v) is 18.6. The van der Waals surface area contributed by atoms with Crippen molar-refractivity contribution in [3.05, 3.63) is 11.6 Å². The monoisotopic (exact) mass is 622 g/mol. The molecule has 2 saturated heterocycles. The number of carbonyl (C=O) groups is 1. The zero-order valence-corrected chi connectivity index (χ0v) is 28.1. The lowest BCUT2D eigenvalue weighted by Crippen LogP contribution is -2.33. The molecule has 0 amide bonds. The highest BCUT2D eigenvalue weighted by Gasteiger charge is 2.40. The molecule has 3 rings (SSSR count). The van der Waals surface area contributed by atoms with Crippen LogP contribution in [0.4, 0.5) is 0 Å². The van der Waals surface area contributed by atoms with Crippen LogP contribution >= 0.6 is 0 Å². The minimum Gasteiger partial charge on any atom is -0.455 e. The van der Waals surface area contributed by atoms with E-state index in [4.69, 9.17) is 14.2 Å². The molecule has 3 aliphatic heterocycles. The van der Waals surface area contributed by atoms with Crippen LogP contribution in [-0.4, -0.2) is 70.1 Å². The SMILES string of the molecule is CCCCCCCCCCCC[C@@H](O)[C@H]1CC[C@H]([C@H]2CC[C@@H]([C@H](O)CC[C@H](O)CCCCCCCC3=C[C@H](C)OC3=O)O2)O1. The van der Waals surface area contributed by atoms with Crippen LogP contribution in [0.3, 0.4) is 0 Å². The van der Waals surface area contributed by atoms with Gasteiger partial charge < -0.3 is 29.5 Å². The van der Waals surface area contributed by atoms with Gasteiger partial charge in [0.15, 0.2) is 0 Å². The van der Waals surface area contributed by atoms with E-state index in [1.54, 1.807) is 0 Å². The average molecular weight is 623 g/mol. The first-order chi connectivity index (χ1) is 21.4. The summed E-state index contributed by atoms with van der Waals surface area (Å²) in [5.74, 6) is -0.160. The van der Waals surface area contributed by atoms with E-state index >= 15 is 0 Å². The highest BCUT2D eigenvalue weighted by molar-refractivity contribution is 5.90. The maximum Gasteiger partial charge on any atom is 0.334 e. The summed E-state index contributed by atoms with van der Waals surface area (Å²) in [4.78, 5) is 11.7. The number of hydrogen-bond donors (Lipinski definition) is 3. The van der Waals surface area contributed by atoms with Crippen LogP contribution in [0.15, 0.2) is 11.6 Å². The third-order valence-electron chi connectivity index (χ3n) is 10.1. The molecule has 3 heterocycles. The van der Waals surface area contributed by atoms with Crippen LogP contribution in [-0.2, 0) is 19.0 Å². The van der Waals surface area contributed by atoms with Gasteiger partial charge in [0.25, 0.3) is 0 Å². The molecule has 7 nitrogen and oxygen atoms in total. The van der Waals surface area contributed by atoms with Gasteiger partial charge in [-0.05, 0) is 77.2 Å². The Morgan fingerprint density at radius 1 is 0.659 bits per heavy atom. The van der Waals surface area contributed by atoms with Crippen molar-refractivity contribution < 1.29 is 34.3 Å². The van der Waals surface area contributed by atoms with Gasteiger partial charge in [0.05, 0.1) is 42.7 Å². The Kier molecular flexibility index (Phi) is 18.5. The number of hydrogen-bond acceptors (Lipinski definition) is 7. The van der Waals surface area contributed by atoms with Crippen LogP contribution in [0.2, 0.25) is 0 Å². The van der Waals surface area contributed by atoms with Gasteiger partial charge in [-0.2, -0.15) is 0 Å². The molecule has 2 fully saturated rings. The largest absolute Gasteiger partial charge is 0.455 e. The molecule has 44 heavy (non-hydrogen) atoms. The van der Waals surface area contributed by atoms with E-state index in [1.807, 2.05) is 13.0 Å². The van der Waals surface area contributed by atoms with Crippen LogP contribution in [0.25, 0.3) is 0 Å². The molecule has 0 bridgehead atoms. The van der Waals surface area contributed by atoms with Crippen LogP contribution in [0.5, 0.6) is 0 Å². The number of carbonyl (C=O) groups excluding carboxylic acids is 1. The van der Waals surface area contributed by atoms with Gasteiger partial charge >= 0.3 is 5.97 Å². The molecule has 0 saturated carbocycles. The number of cyclic esters (lactones) is 1. The Hall–Kier alpha value is -0.990. The Morgan fingerprint density at radius 2 is 1.16 bits per heavy atom. The van der Waals surface area contributed by atoms with E-state index in [1.165, 1.54) is 57.8 Å². The molecule has 3 N–H and O–H groups in total. The zero-order valence-electron chi connectivity index (χ0n) is 28.1.